The molecule has 0 radical (unpaired) electrons. The molecule has 1 N–H and O–H groups in total. The quantitative estimate of drug-likeness (QED) is 0.750. The Labute approximate surface area is 161 Å². The average molecular weight is 382 g/mol. The lowest BCUT2D eigenvalue weighted by atomic mass is 9.96. The minimum Gasteiger partial charge on any atom is -0.310 e. The van der Waals surface area contributed by atoms with Crippen molar-refractivity contribution in [2.75, 3.05) is 13.1 Å². The van der Waals surface area contributed by atoms with Crippen LogP contribution in [-0.4, -0.2) is 32.9 Å². The molecule has 144 valence electrons. The smallest absolute Gasteiger partial charge is 0.251 e. The van der Waals surface area contributed by atoms with E-state index in [1.54, 1.807) is 18.5 Å². The van der Waals surface area contributed by atoms with Gasteiger partial charge >= 0.3 is 0 Å². The van der Waals surface area contributed by atoms with Gasteiger partial charge in [0.25, 0.3) is 5.56 Å². The van der Waals surface area contributed by atoms with Gasteiger partial charge in [-0.2, -0.15) is 0 Å². The van der Waals surface area contributed by atoms with Crippen molar-refractivity contribution in [3.05, 3.63) is 82.2 Å². The summed E-state index contributed by atoms with van der Waals surface area (Å²) in [6.07, 6.45) is 5.09. The number of aromatic nitrogens is 3. The fourth-order valence-electron chi connectivity index (χ4n) is 3.67. The number of hydrogen-bond donors (Lipinski definition) is 1. The number of nitrogens with one attached hydrogen (secondary N) is 1. The summed E-state index contributed by atoms with van der Waals surface area (Å²) in [6.45, 7) is 1.74. The third kappa shape index (κ3) is 3.99. The predicted molar refractivity (Wildman–Crippen MR) is 102 cm³/mol. The van der Waals surface area contributed by atoms with E-state index in [9.17, 15) is 13.6 Å². The molecule has 0 bridgehead atoms. The molecule has 1 aliphatic rings. The summed E-state index contributed by atoms with van der Waals surface area (Å²) in [7, 11) is 0. The zero-order chi connectivity index (χ0) is 19.5. The van der Waals surface area contributed by atoms with Gasteiger partial charge in [-0.3, -0.25) is 14.7 Å². The first-order valence-corrected chi connectivity index (χ1v) is 9.27. The molecule has 1 aliphatic heterocycles. The maximum absolute atomic E-state index is 14.0. The lowest BCUT2D eigenvalue weighted by molar-refractivity contribution is 0.194. The maximum Gasteiger partial charge on any atom is 0.251 e. The lowest BCUT2D eigenvalue weighted by Crippen LogP contribution is -2.35. The van der Waals surface area contributed by atoms with Gasteiger partial charge < -0.3 is 4.98 Å². The molecule has 7 heteroatoms. The van der Waals surface area contributed by atoms with E-state index in [1.807, 2.05) is 12.1 Å². The Balaban J connectivity index is 1.56. The van der Waals surface area contributed by atoms with Crippen LogP contribution in [0.1, 0.15) is 30.1 Å². The molecule has 1 saturated heterocycles. The van der Waals surface area contributed by atoms with E-state index in [-0.39, 0.29) is 11.5 Å². The van der Waals surface area contributed by atoms with Crippen LogP contribution < -0.4 is 5.56 Å². The summed E-state index contributed by atoms with van der Waals surface area (Å²) in [4.78, 5) is 25.7. The molecular formula is C21H20F2N4O. The summed E-state index contributed by atoms with van der Waals surface area (Å²) < 4.78 is 27.5. The normalized spacial score (nSPS) is 17.6. The molecule has 4 rings (SSSR count). The molecule has 3 aromatic rings. The van der Waals surface area contributed by atoms with Gasteiger partial charge in [-0.1, -0.05) is 12.1 Å². The minimum absolute atomic E-state index is 0.0276. The number of benzene rings is 1. The molecule has 28 heavy (non-hydrogen) atoms. The van der Waals surface area contributed by atoms with Crippen molar-refractivity contribution in [1.82, 2.24) is 19.9 Å². The van der Waals surface area contributed by atoms with Crippen LogP contribution in [0.2, 0.25) is 0 Å². The Kier molecular flexibility index (Phi) is 5.25. The fourth-order valence-corrected chi connectivity index (χ4v) is 3.67. The van der Waals surface area contributed by atoms with Crippen LogP contribution in [0.4, 0.5) is 8.78 Å². The molecule has 5 nitrogen and oxygen atoms in total. The van der Waals surface area contributed by atoms with Gasteiger partial charge in [-0.05, 0) is 37.6 Å². The molecule has 2 aromatic heterocycles. The minimum atomic E-state index is -0.831. The summed E-state index contributed by atoms with van der Waals surface area (Å²) in [5, 5.41) is 0. The highest BCUT2D eigenvalue weighted by Crippen LogP contribution is 2.27. The predicted octanol–water partition coefficient (Wildman–Crippen LogP) is 3.49. The molecule has 3 heterocycles. The van der Waals surface area contributed by atoms with E-state index >= 15 is 0 Å². The highest BCUT2D eigenvalue weighted by molar-refractivity contribution is 5.57. The van der Waals surface area contributed by atoms with E-state index in [0.717, 1.165) is 31.0 Å². The summed E-state index contributed by atoms with van der Waals surface area (Å²) in [6, 6.07) is 9.34. The molecule has 0 saturated carbocycles. The topological polar surface area (TPSA) is 61.9 Å². The Morgan fingerprint density at radius 3 is 2.82 bits per heavy atom. The number of aromatic amines is 1. The SMILES string of the molecule is O=c1cc(-c2ccncc2)nc([C@@H]2CCCN(Cc3cccc(F)c3F)C2)[nH]1. The number of likely N-dealkylation sites (tertiary alicyclic amines) is 1. The number of hydrogen-bond acceptors (Lipinski definition) is 4. The fraction of sp³-hybridized carbons (Fsp3) is 0.286. The third-order valence-corrected chi connectivity index (χ3v) is 5.05. The van der Waals surface area contributed by atoms with E-state index in [0.29, 0.717) is 30.2 Å². The molecule has 1 atom stereocenters. The number of nitrogens with zero attached hydrogens (tertiary/aromatic N) is 3. The van der Waals surface area contributed by atoms with Gasteiger partial charge in [-0.25, -0.2) is 13.8 Å². The van der Waals surface area contributed by atoms with Crippen molar-refractivity contribution < 1.29 is 8.78 Å². The van der Waals surface area contributed by atoms with Crippen LogP contribution >= 0.6 is 0 Å². The lowest BCUT2D eigenvalue weighted by Gasteiger charge is -2.32. The van der Waals surface area contributed by atoms with Gasteiger partial charge in [0, 0.05) is 48.6 Å². The van der Waals surface area contributed by atoms with Crippen molar-refractivity contribution in [3.63, 3.8) is 0 Å². The Bertz CT molecular complexity index is 1020. The molecule has 1 aromatic carbocycles. The number of rotatable bonds is 4. The number of H-pyrrole nitrogens is 1. The summed E-state index contributed by atoms with van der Waals surface area (Å²) in [5.74, 6) is -0.971. The second kappa shape index (κ2) is 7.98. The van der Waals surface area contributed by atoms with Crippen molar-refractivity contribution in [2.45, 2.75) is 25.3 Å². The van der Waals surface area contributed by atoms with Gasteiger partial charge in [0.15, 0.2) is 11.6 Å². The van der Waals surface area contributed by atoms with Crippen molar-refractivity contribution in [1.29, 1.82) is 0 Å². The number of piperidine rings is 1. The van der Waals surface area contributed by atoms with Crippen molar-refractivity contribution in [2.24, 2.45) is 0 Å². The molecule has 0 unspecified atom stereocenters. The second-order valence-corrected chi connectivity index (χ2v) is 7.04. The first-order valence-electron chi connectivity index (χ1n) is 9.27. The monoisotopic (exact) mass is 382 g/mol. The molecule has 1 fully saturated rings. The summed E-state index contributed by atoms with van der Waals surface area (Å²) in [5.41, 5.74) is 1.57. The first kappa shape index (κ1) is 18.4. The van der Waals surface area contributed by atoms with Crippen LogP contribution in [0.3, 0.4) is 0 Å². The molecule has 0 spiro atoms. The molecular weight excluding hydrogens is 362 g/mol. The number of halogens is 2. The van der Waals surface area contributed by atoms with E-state index in [4.69, 9.17) is 0 Å². The van der Waals surface area contributed by atoms with Crippen molar-refractivity contribution in [3.8, 4) is 11.3 Å². The Hall–Kier alpha value is -2.93. The van der Waals surface area contributed by atoms with Gasteiger partial charge in [0.2, 0.25) is 0 Å². The molecule has 0 amide bonds. The van der Waals surface area contributed by atoms with Crippen molar-refractivity contribution >= 4 is 0 Å². The largest absolute Gasteiger partial charge is 0.310 e. The second-order valence-electron chi connectivity index (χ2n) is 7.04. The van der Waals surface area contributed by atoms with E-state index in [1.165, 1.54) is 12.1 Å². The van der Waals surface area contributed by atoms with E-state index in [2.05, 4.69) is 19.9 Å². The maximum atomic E-state index is 14.0. The Morgan fingerprint density at radius 1 is 1.18 bits per heavy atom. The molecule has 0 aliphatic carbocycles. The third-order valence-electron chi connectivity index (χ3n) is 5.05. The van der Waals surface area contributed by atoms with Crippen LogP contribution in [0.25, 0.3) is 11.3 Å². The zero-order valence-corrected chi connectivity index (χ0v) is 15.2. The Morgan fingerprint density at radius 2 is 2.00 bits per heavy atom. The van der Waals surface area contributed by atoms with Gasteiger partial charge in [-0.15, -0.1) is 0 Å². The van der Waals surface area contributed by atoms with Gasteiger partial charge in [0.1, 0.15) is 5.82 Å². The van der Waals surface area contributed by atoms with Crippen LogP contribution in [0.15, 0.2) is 53.6 Å². The van der Waals surface area contributed by atoms with Crippen LogP contribution in [-0.2, 0) is 6.54 Å². The highest BCUT2D eigenvalue weighted by atomic mass is 19.2. The van der Waals surface area contributed by atoms with Crippen LogP contribution in [0.5, 0.6) is 0 Å². The standard InChI is InChI=1S/C21H20F2N4O/c22-17-5-1-3-15(20(17)23)12-27-10-2-4-16(13-27)21-25-18(11-19(28)26-21)14-6-8-24-9-7-14/h1,3,5-9,11,16H,2,4,10,12-13H2,(H,25,26,28)/t16-/m1/s1. The zero-order valence-electron chi connectivity index (χ0n) is 15.2. The number of pyridine rings is 1. The summed E-state index contributed by atoms with van der Waals surface area (Å²) >= 11 is 0. The first-order chi connectivity index (χ1) is 13.6. The van der Waals surface area contributed by atoms with Gasteiger partial charge in [0.05, 0.1) is 5.69 Å². The van der Waals surface area contributed by atoms with Crippen LogP contribution in [0, 0.1) is 11.6 Å². The average Bonchev–Trinajstić information content (AvgIpc) is 2.72. The van der Waals surface area contributed by atoms with E-state index < -0.39 is 11.6 Å². The highest BCUT2D eigenvalue weighted by Gasteiger charge is 2.24.